The number of thioether (sulfide) groups is 1. The average molecular weight is 1050 g/mol. The number of nitrogens with zero attached hydrogens (tertiary/aromatic N) is 3. The Bertz CT molecular complexity index is 2510. The summed E-state index contributed by atoms with van der Waals surface area (Å²) in [7, 11) is -1.48. The molecule has 8 atom stereocenters. The van der Waals surface area contributed by atoms with Gasteiger partial charge in [-0.2, -0.15) is 4.31 Å². The molecule has 0 spiro atoms. The van der Waals surface area contributed by atoms with Crippen molar-refractivity contribution in [1.82, 2.24) is 51.3 Å². The van der Waals surface area contributed by atoms with E-state index in [4.69, 9.17) is 4.74 Å². The molecule has 0 saturated carbocycles. The molecule has 0 aromatic heterocycles. The number of hydrogen-bond donors (Lipinski definition) is 7. The maximum atomic E-state index is 13.3. The largest absolute Gasteiger partial charge is 0.483 e. The third kappa shape index (κ3) is 14.2. The number of ether oxygens (including phenoxy) is 1. The number of rotatable bonds is 23. The monoisotopic (exact) mass is 1050 g/mol. The van der Waals surface area contributed by atoms with Gasteiger partial charge < -0.3 is 31.3 Å². The zero-order chi connectivity index (χ0) is 52.4. The van der Waals surface area contributed by atoms with Crippen LogP contribution < -0.4 is 42.0 Å². The van der Waals surface area contributed by atoms with E-state index in [0.717, 1.165) is 80.4 Å². The van der Waals surface area contributed by atoms with Gasteiger partial charge in [-0.1, -0.05) is 62.9 Å². The van der Waals surface area contributed by atoms with Gasteiger partial charge in [0.25, 0.3) is 17.7 Å². The molecule has 4 saturated heterocycles. The number of likely N-dealkylation sites (N-methyl/N-ethyl adjacent to an activating group) is 1. The van der Waals surface area contributed by atoms with Crippen molar-refractivity contribution in [2.75, 3.05) is 64.9 Å². The molecule has 7 N–H and O–H groups in total. The van der Waals surface area contributed by atoms with E-state index in [2.05, 4.69) is 66.4 Å². The number of nitrogens with one attached hydrogen (secondary N) is 7. The Balaban J connectivity index is 0.723. The van der Waals surface area contributed by atoms with Gasteiger partial charge in [-0.05, 0) is 87.7 Å². The second-order valence-corrected chi connectivity index (χ2v) is 22.8. The van der Waals surface area contributed by atoms with Crippen LogP contribution in [0.15, 0.2) is 42.5 Å². The summed E-state index contributed by atoms with van der Waals surface area (Å²) in [6, 6.07) is 11.7. The summed E-state index contributed by atoms with van der Waals surface area (Å²) in [5.41, 5.74) is 2.10. The van der Waals surface area contributed by atoms with E-state index in [-0.39, 0.29) is 109 Å². The maximum absolute atomic E-state index is 13.3. The standard InChI is InChI=1S/C50H70N10O11S2/c1-30-31(2)59(73(4,69)70)26-36(30)46(65)54-25-42(62)57-50-55-37(29-72-50)34-14-11-13-32(23-34)33-19-22-51-40(24-33)58(3)27-43(63)52-20-9-7-5-6-8-10-21-53-44(64)28-71-39-16-12-15-35-45(39)49(68)60(48(35)67)38-17-18-41(61)56-47(38)66/h11-16,23,30-31,33,36-38,40,50-51,55H,5-10,17-22,24-29H2,1-4H3,(H,52,63)(H,53,64)(H,54,65)(H,57,62)(H,56,61,66). The lowest BCUT2D eigenvalue weighted by molar-refractivity contribution is -0.136. The van der Waals surface area contributed by atoms with Crippen LogP contribution in [0.5, 0.6) is 5.75 Å². The van der Waals surface area contributed by atoms with Gasteiger partial charge in [0, 0.05) is 43.9 Å². The van der Waals surface area contributed by atoms with Crippen molar-refractivity contribution < 1.29 is 51.5 Å². The Hall–Kier alpha value is -5.46. The summed E-state index contributed by atoms with van der Waals surface area (Å²) in [4.78, 5) is 104. The molecule has 2 aromatic carbocycles. The first-order valence-electron chi connectivity index (χ1n) is 25.3. The van der Waals surface area contributed by atoms with Gasteiger partial charge in [-0.25, -0.2) is 8.42 Å². The second kappa shape index (κ2) is 25.2. The van der Waals surface area contributed by atoms with Crippen LogP contribution >= 0.6 is 11.8 Å². The van der Waals surface area contributed by atoms with E-state index < -0.39 is 45.6 Å². The van der Waals surface area contributed by atoms with E-state index in [9.17, 15) is 46.8 Å². The molecule has 2 aromatic rings. The first kappa shape index (κ1) is 55.3. The Morgan fingerprint density at radius 2 is 1.56 bits per heavy atom. The predicted octanol–water partition coefficient (Wildman–Crippen LogP) is 1.27. The van der Waals surface area contributed by atoms with Crippen LogP contribution in [0.1, 0.15) is 122 Å². The lowest BCUT2D eigenvalue weighted by Crippen LogP contribution is -2.54. The number of benzene rings is 2. The van der Waals surface area contributed by atoms with Crippen LogP contribution in [0, 0.1) is 11.8 Å². The highest BCUT2D eigenvalue weighted by molar-refractivity contribution is 8.00. The minimum absolute atomic E-state index is 0.00940. The number of carbonyl (C=O) groups excluding carboxylic acids is 8. The first-order chi connectivity index (χ1) is 34.9. The number of carbonyl (C=O) groups is 8. The van der Waals surface area contributed by atoms with Crippen molar-refractivity contribution in [3.8, 4) is 5.75 Å². The predicted molar refractivity (Wildman–Crippen MR) is 272 cm³/mol. The summed E-state index contributed by atoms with van der Waals surface area (Å²) in [5.74, 6) is -3.16. The number of sulfonamides is 1. The molecule has 5 aliphatic rings. The second-order valence-electron chi connectivity index (χ2n) is 19.8. The molecular weight excluding hydrogens is 981 g/mol. The Morgan fingerprint density at radius 3 is 2.27 bits per heavy atom. The van der Waals surface area contributed by atoms with Crippen molar-refractivity contribution in [1.29, 1.82) is 0 Å². The molecule has 73 heavy (non-hydrogen) atoms. The smallest absolute Gasteiger partial charge is 0.266 e. The molecular formula is C50H70N10O11S2. The fourth-order valence-corrected chi connectivity index (χ4v) is 12.7. The molecule has 5 heterocycles. The highest BCUT2D eigenvalue weighted by Gasteiger charge is 2.47. The van der Waals surface area contributed by atoms with Crippen LogP contribution in [0.4, 0.5) is 0 Å². The molecule has 0 radical (unpaired) electrons. The average Bonchev–Trinajstić information content (AvgIpc) is 4.03. The normalized spacial score (nSPS) is 25.4. The Kier molecular flexibility index (Phi) is 19.1. The van der Waals surface area contributed by atoms with E-state index in [1.54, 1.807) is 18.7 Å². The Labute approximate surface area is 431 Å². The molecule has 7 rings (SSSR count). The van der Waals surface area contributed by atoms with Crippen molar-refractivity contribution in [2.45, 2.75) is 114 Å². The summed E-state index contributed by atoms with van der Waals surface area (Å²) in [5, 5.41) is 20.8. The molecule has 4 fully saturated rings. The van der Waals surface area contributed by atoms with Gasteiger partial charge in [-0.15, -0.1) is 11.8 Å². The van der Waals surface area contributed by atoms with Crippen molar-refractivity contribution in [3.63, 3.8) is 0 Å². The lowest BCUT2D eigenvalue weighted by Gasteiger charge is -2.36. The molecule has 23 heteroatoms. The van der Waals surface area contributed by atoms with Crippen LogP contribution in [-0.4, -0.2) is 158 Å². The molecule has 0 bridgehead atoms. The maximum Gasteiger partial charge on any atom is 0.266 e. The first-order valence-corrected chi connectivity index (χ1v) is 28.2. The third-order valence-electron chi connectivity index (χ3n) is 14.6. The highest BCUT2D eigenvalue weighted by atomic mass is 32.2. The zero-order valence-electron chi connectivity index (χ0n) is 42.0. The molecule has 8 unspecified atom stereocenters. The van der Waals surface area contributed by atoms with Crippen LogP contribution in [0.3, 0.4) is 0 Å². The summed E-state index contributed by atoms with van der Waals surface area (Å²) in [6.45, 7) is 5.33. The minimum Gasteiger partial charge on any atom is -0.483 e. The Morgan fingerprint density at radius 1 is 0.863 bits per heavy atom. The third-order valence-corrected chi connectivity index (χ3v) is 17.1. The molecule has 5 aliphatic heterocycles. The van der Waals surface area contributed by atoms with Crippen LogP contribution in [0.25, 0.3) is 0 Å². The number of piperidine rings is 2. The quantitative estimate of drug-likeness (QED) is 0.0610. The van der Waals surface area contributed by atoms with Gasteiger partial charge in [-0.3, -0.25) is 58.8 Å². The fourth-order valence-electron chi connectivity index (χ4n) is 10.3. The van der Waals surface area contributed by atoms with Crippen LogP contribution in [-0.2, 0) is 38.8 Å². The van der Waals surface area contributed by atoms with Gasteiger partial charge in [0.15, 0.2) is 6.61 Å². The minimum atomic E-state index is -3.44. The van der Waals surface area contributed by atoms with Gasteiger partial charge in [0.2, 0.25) is 39.6 Å². The van der Waals surface area contributed by atoms with E-state index in [1.807, 2.05) is 14.0 Å². The van der Waals surface area contributed by atoms with Crippen molar-refractivity contribution in [2.24, 2.45) is 11.8 Å². The number of fused-ring (bicyclic) bond motifs is 1. The molecule has 8 amide bonds. The fraction of sp³-hybridized carbons (Fsp3) is 0.600. The number of amides is 8. The topological polar surface area (TPSA) is 274 Å². The van der Waals surface area contributed by atoms with E-state index in [1.165, 1.54) is 28.1 Å². The van der Waals surface area contributed by atoms with Crippen LogP contribution in [0.2, 0.25) is 0 Å². The van der Waals surface area contributed by atoms with Crippen molar-refractivity contribution >= 4 is 69.0 Å². The van der Waals surface area contributed by atoms with Gasteiger partial charge in [0.1, 0.15) is 17.3 Å². The molecule has 21 nitrogen and oxygen atoms in total. The zero-order valence-corrected chi connectivity index (χ0v) is 43.7. The van der Waals surface area contributed by atoms with Crippen molar-refractivity contribution in [3.05, 3.63) is 64.7 Å². The highest BCUT2D eigenvalue weighted by Crippen LogP contribution is 2.36. The summed E-state index contributed by atoms with van der Waals surface area (Å²) >= 11 is 1.58. The van der Waals surface area contributed by atoms with E-state index in [0.29, 0.717) is 19.0 Å². The SMILES string of the molecule is CC1C(C(=O)NCC(=O)NC2NC(c3cccc(C4CCNC(N(C)CC(=O)NCCCCCCCCNC(=O)COc5cccc6c5C(=O)N(C5CCC(=O)NC5=O)C6=O)C4)c3)CS2)CN(S(C)(=O)=O)C1C. The van der Waals surface area contributed by atoms with Gasteiger partial charge >= 0.3 is 0 Å². The van der Waals surface area contributed by atoms with Gasteiger partial charge in [0.05, 0.1) is 42.6 Å². The molecule has 398 valence electrons. The summed E-state index contributed by atoms with van der Waals surface area (Å²) < 4.78 is 31.3. The molecule has 0 aliphatic carbocycles. The number of imide groups is 2. The lowest BCUT2D eigenvalue weighted by atomic mass is 9.87. The number of hydrogen-bond acceptors (Lipinski definition) is 15. The summed E-state index contributed by atoms with van der Waals surface area (Å²) in [6.07, 6.45) is 8.52. The number of unbranched alkanes of at least 4 members (excludes halogenated alkanes) is 5. The van der Waals surface area contributed by atoms with E-state index >= 15 is 0 Å².